The van der Waals surface area contributed by atoms with Crippen LogP contribution in [0, 0.1) is 0 Å². The van der Waals surface area contributed by atoms with Gasteiger partial charge in [0.25, 0.3) is 0 Å². The zero-order chi connectivity index (χ0) is 12.4. The van der Waals surface area contributed by atoms with Gasteiger partial charge in [-0.2, -0.15) is 4.98 Å². The number of piperazine rings is 1. The van der Waals surface area contributed by atoms with Gasteiger partial charge in [0, 0.05) is 38.4 Å². The normalized spacial score (nSPS) is 26.0. The zero-order valence-corrected chi connectivity index (χ0v) is 11.0. The highest BCUT2D eigenvalue weighted by atomic mass is 15.3. The number of anilines is 2. The van der Waals surface area contributed by atoms with Crippen molar-refractivity contribution in [3.8, 4) is 0 Å². The number of hydrogen-bond donors (Lipinski definition) is 1. The quantitative estimate of drug-likeness (QED) is 0.830. The Balaban J connectivity index is 2.16. The van der Waals surface area contributed by atoms with Gasteiger partial charge in [-0.05, 0) is 27.0 Å². The molecule has 0 saturated carbocycles. The average molecular weight is 235 g/mol. The molecule has 5 heteroatoms. The smallest absolute Gasteiger partial charge is 0.224 e. The van der Waals surface area contributed by atoms with Crippen LogP contribution in [0.15, 0.2) is 12.3 Å². The lowest BCUT2D eigenvalue weighted by molar-refractivity contribution is 0.169. The Bertz CT molecular complexity index is 369. The molecule has 94 valence electrons. The van der Waals surface area contributed by atoms with Gasteiger partial charge in [0.1, 0.15) is 5.82 Å². The molecule has 0 amide bonds. The minimum atomic E-state index is 0.548. The summed E-state index contributed by atoms with van der Waals surface area (Å²) in [6.07, 6.45) is 1.81. The van der Waals surface area contributed by atoms with E-state index in [-0.39, 0.29) is 0 Å². The molecule has 1 aromatic rings. The zero-order valence-electron chi connectivity index (χ0n) is 11.0. The molecule has 0 aliphatic carbocycles. The number of nitrogens with zero attached hydrogens (tertiary/aromatic N) is 4. The molecule has 2 atom stereocenters. The lowest BCUT2D eigenvalue weighted by Crippen LogP contribution is -2.55. The van der Waals surface area contributed by atoms with Gasteiger partial charge in [-0.25, -0.2) is 4.98 Å². The summed E-state index contributed by atoms with van der Waals surface area (Å²) < 4.78 is 0. The average Bonchev–Trinajstić information content (AvgIpc) is 2.35. The Morgan fingerprint density at radius 3 is 2.53 bits per heavy atom. The molecule has 1 saturated heterocycles. The van der Waals surface area contributed by atoms with Crippen LogP contribution in [0.2, 0.25) is 0 Å². The first-order valence-corrected chi connectivity index (χ1v) is 6.09. The van der Waals surface area contributed by atoms with Gasteiger partial charge in [-0.15, -0.1) is 0 Å². The van der Waals surface area contributed by atoms with Crippen LogP contribution < -0.4 is 10.2 Å². The van der Waals surface area contributed by atoms with E-state index in [0.717, 1.165) is 18.9 Å². The van der Waals surface area contributed by atoms with Crippen LogP contribution in [-0.4, -0.2) is 54.1 Å². The van der Waals surface area contributed by atoms with Crippen molar-refractivity contribution in [2.45, 2.75) is 25.9 Å². The van der Waals surface area contributed by atoms with Gasteiger partial charge in [-0.1, -0.05) is 0 Å². The van der Waals surface area contributed by atoms with Crippen LogP contribution in [-0.2, 0) is 0 Å². The fourth-order valence-corrected chi connectivity index (χ4v) is 2.24. The van der Waals surface area contributed by atoms with Crippen molar-refractivity contribution in [2.75, 3.05) is 37.4 Å². The first kappa shape index (κ1) is 12.1. The van der Waals surface area contributed by atoms with Crippen LogP contribution >= 0.6 is 0 Å². The van der Waals surface area contributed by atoms with Crippen molar-refractivity contribution in [3.63, 3.8) is 0 Å². The van der Waals surface area contributed by atoms with E-state index >= 15 is 0 Å². The number of aromatic nitrogens is 2. The van der Waals surface area contributed by atoms with Crippen molar-refractivity contribution >= 4 is 11.8 Å². The van der Waals surface area contributed by atoms with Crippen LogP contribution in [0.4, 0.5) is 11.8 Å². The molecular weight excluding hydrogens is 214 g/mol. The Hall–Kier alpha value is -1.36. The maximum atomic E-state index is 4.49. The van der Waals surface area contributed by atoms with Gasteiger partial charge in [-0.3, -0.25) is 4.90 Å². The van der Waals surface area contributed by atoms with Crippen LogP contribution in [0.1, 0.15) is 13.8 Å². The second kappa shape index (κ2) is 4.87. The molecule has 2 unspecified atom stereocenters. The predicted molar refractivity (Wildman–Crippen MR) is 70.5 cm³/mol. The van der Waals surface area contributed by atoms with Crippen molar-refractivity contribution < 1.29 is 0 Å². The molecule has 1 aromatic heterocycles. The van der Waals surface area contributed by atoms with Gasteiger partial charge < -0.3 is 10.2 Å². The van der Waals surface area contributed by atoms with E-state index in [9.17, 15) is 0 Å². The number of rotatable bonds is 2. The summed E-state index contributed by atoms with van der Waals surface area (Å²) in [5.41, 5.74) is 0. The number of hydrogen-bond acceptors (Lipinski definition) is 5. The highest BCUT2D eigenvalue weighted by Gasteiger charge is 2.27. The number of likely N-dealkylation sites (N-methyl/N-ethyl adjacent to an activating group) is 1. The molecule has 1 fully saturated rings. The summed E-state index contributed by atoms with van der Waals surface area (Å²) >= 11 is 0. The lowest BCUT2D eigenvalue weighted by Gasteiger charge is -2.42. The van der Waals surface area contributed by atoms with E-state index in [2.05, 4.69) is 46.0 Å². The number of nitrogens with one attached hydrogen (secondary N) is 1. The molecule has 2 heterocycles. The van der Waals surface area contributed by atoms with E-state index in [4.69, 9.17) is 0 Å². The van der Waals surface area contributed by atoms with Crippen LogP contribution in [0.3, 0.4) is 0 Å². The Morgan fingerprint density at radius 1 is 1.29 bits per heavy atom. The van der Waals surface area contributed by atoms with E-state index < -0.39 is 0 Å². The van der Waals surface area contributed by atoms with Gasteiger partial charge in [0.05, 0.1) is 0 Å². The molecule has 1 N–H and O–H groups in total. The fourth-order valence-electron chi connectivity index (χ4n) is 2.24. The minimum Gasteiger partial charge on any atom is -0.357 e. The molecule has 0 radical (unpaired) electrons. The SMILES string of the molecule is CNc1nccc(N2CC(C)N(C)C(C)C2)n1. The van der Waals surface area contributed by atoms with Gasteiger partial charge in [0.15, 0.2) is 0 Å². The van der Waals surface area contributed by atoms with Crippen LogP contribution in [0.25, 0.3) is 0 Å². The van der Waals surface area contributed by atoms with E-state index in [1.54, 1.807) is 0 Å². The molecule has 0 aromatic carbocycles. The second-order valence-electron chi connectivity index (χ2n) is 4.76. The summed E-state index contributed by atoms with van der Waals surface area (Å²) in [6, 6.07) is 3.07. The summed E-state index contributed by atoms with van der Waals surface area (Å²) in [6.45, 7) is 6.54. The monoisotopic (exact) mass is 235 g/mol. The fraction of sp³-hybridized carbons (Fsp3) is 0.667. The highest BCUT2D eigenvalue weighted by molar-refractivity contribution is 5.43. The molecule has 1 aliphatic rings. The molecule has 17 heavy (non-hydrogen) atoms. The van der Waals surface area contributed by atoms with Crippen LogP contribution in [0.5, 0.6) is 0 Å². The van der Waals surface area contributed by atoms with E-state index in [1.165, 1.54) is 0 Å². The molecule has 2 rings (SSSR count). The topological polar surface area (TPSA) is 44.3 Å². The summed E-state index contributed by atoms with van der Waals surface area (Å²) in [5, 5.41) is 2.98. The second-order valence-corrected chi connectivity index (χ2v) is 4.76. The largest absolute Gasteiger partial charge is 0.357 e. The third-order valence-electron chi connectivity index (χ3n) is 3.55. The van der Waals surface area contributed by atoms with E-state index in [1.807, 2.05) is 19.3 Å². The molecule has 0 bridgehead atoms. The molecule has 5 nitrogen and oxygen atoms in total. The van der Waals surface area contributed by atoms with Crippen molar-refractivity contribution in [2.24, 2.45) is 0 Å². The highest BCUT2D eigenvalue weighted by Crippen LogP contribution is 2.19. The third-order valence-corrected chi connectivity index (χ3v) is 3.55. The Labute approximate surface area is 103 Å². The Kier molecular flexibility index (Phi) is 3.47. The van der Waals surface area contributed by atoms with Crippen molar-refractivity contribution in [1.29, 1.82) is 0 Å². The minimum absolute atomic E-state index is 0.548. The lowest BCUT2D eigenvalue weighted by atomic mass is 10.1. The maximum Gasteiger partial charge on any atom is 0.224 e. The first-order chi connectivity index (χ1) is 8.11. The summed E-state index contributed by atoms with van der Waals surface area (Å²) in [7, 11) is 4.03. The van der Waals surface area contributed by atoms with Gasteiger partial charge >= 0.3 is 0 Å². The third kappa shape index (κ3) is 2.49. The van der Waals surface area contributed by atoms with Crippen molar-refractivity contribution in [3.05, 3.63) is 12.3 Å². The first-order valence-electron chi connectivity index (χ1n) is 6.09. The molecule has 1 aliphatic heterocycles. The summed E-state index contributed by atoms with van der Waals surface area (Å²) in [4.78, 5) is 13.4. The van der Waals surface area contributed by atoms with Gasteiger partial charge in [0.2, 0.25) is 5.95 Å². The molecular formula is C12H21N5. The van der Waals surface area contributed by atoms with E-state index in [0.29, 0.717) is 18.0 Å². The predicted octanol–water partition coefficient (Wildman–Crippen LogP) is 1.05. The molecule has 0 spiro atoms. The van der Waals surface area contributed by atoms with Crippen molar-refractivity contribution in [1.82, 2.24) is 14.9 Å². The Morgan fingerprint density at radius 2 is 1.94 bits per heavy atom. The summed E-state index contributed by atoms with van der Waals surface area (Å²) in [5.74, 6) is 1.69. The standard InChI is InChI=1S/C12H21N5/c1-9-7-17(8-10(2)16(9)4)11-5-6-14-12(13-3)15-11/h5-6,9-10H,7-8H2,1-4H3,(H,13,14,15). The maximum absolute atomic E-state index is 4.49.